The van der Waals surface area contributed by atoms with Crippen molar-refractivity contribution in [3.05, 3.63) is 24.3 Å². The zero-order chi connectivity index (χ0) is 58.5. The van der Waals surface area contributed by atoms with Crippen LogP contribution in [-0.2, 0) is 91.2 Å². The maximum absolute atomic E-state index is 6.69. The van der Waals surface area contributed by atoms with Crippen molar-refractivity contribution in [3.8, 4) is 0 Å². The van der Waals surface area contributed by atoms with Gasteiger partial charge in [0.2, 0.25) is 0 Å². The summed E-state index contributed by atoms with van der Waals surface area (Å²) in [6, 6.07) is 6.95. The molecule has 0 unspecified atom stereocenters. The maximum atomic E-state index is 6.69. The van der Waals surface area contributed by atoms with E-state index in [2.05, 4.69) is 13.8 Å². The zero-order valence-corrected chi connectivity index (χ0v) is 54.0. The molecule has 6 aliphatic carbocycles. The molecule has 6 fully saturated rings. The third-order valence-electron chi connectivity index (χ3n) is 15.8. The maximum Gasteiger partial charge on any atom is 2.00 e. The largest absolute Gasteiger partial charge is 2.00 e. The van der Waals surface area contributed by atoms with Crippen LogP contribution in [0, 0.1) is 0 Å². The molecule has 0 aromatic heterocycles. The Morgan fingerprint density at radius 2 is 0.442 bits per heavy atom. The minimum Gasteiger partial charge on any atom is -0.540 e. The molecular weight excluding hydrogens is 1280 g/mol. The van der Waals surface area contributed by atoms with Gasteiger partial charge in [0.1, 0.15) is 0 Å². The van der Waals surface area contributed by atoms with Crippen LogP contribution in [0.2, 0.25) is 12.6 Å². The Morgan fingerprint density at radius 3 is 0.593 bits per heavy atom. The van der Waals surface area contributed by atoms with Gasteiger partial charge in [-0.2, -0.15) is 0 Å². The van der Waals surface area contributed by atoms with Crippen molar-refractivity contribution in [3.63, 3.8) is 0 Å². The summed E-state index contributed by atoms with van der Waals surface area (Å²) in [6.45, 7) is -7.71. The van der Waals surface area contributed by atoms with E-state index >= 15 is 0 Å². The van der Waals surface area contributed by atoms with E-state index in [0.717, 1.165) is 89.9 Å². The van der Waals surface area contributed by atoms with Crippen molar-refractivity contribution in [2.75, 3.05) is 10.7 Å². The smallest absolute Gasteiger partial charge is 0.540 e. The minimum atomic E-state index is -3.26. The van der Waals surface area contributed by atoms with E-state index in [9.17, 15) is 0 Å². The van der Waals surface area contributed by atoms with Crippen LogP contribution >= 0.6 is 46.4 Å². The second kappa shape index (κ2) is 34.3. The first-order valence-corrected chi connectivity index (χ1v) is 32.3. The van der Waals surface area contributed by atoms with Crippen molar-refractivity contribution in [2.24, 2.45) is 61.9 Å². The zero-order valence-electron chi connectivity index (χ0n) is 48.7. The van der Waals surface area contributed by atoms with Gasteiger partial charge in [0, 0.05) is 0 Å². The van der Waals surface area contributed by atoms with Crippen molar-refractivity contribution in [1.29, 1.82) is 0 Å². The molecule has 13 rings (SSSR count). The number of unbranched alkanes of at least 4 members (excludes halogenated alkanes) is 2. The number of fused-ring (bicyclic) bond motifs is 12. The molecule has 6 heterocycles. The van der Waals surface area contributed by atoms with Gasteiger partial charge in [0.15, 0.2) is 0 Å². The van der Waals surface area contributed by atoms with Crippen LogP contribution in [-0.4, -0.2) is 106 Å². The van der Waals surface area contributed by atoms with Crippen LogP contribution in [0.25, 0.3) is 0 Å². The third kappa shape index (κ3) is 17.8. The van der Waals surface area contributed by atoms with Gasteiger partial charge in [-0.25, -0.2) is 0 Å². The molecule has 34 heteroatoms. The number of benzene rings is 1. The number of alkyl halides is 4. The summed E-state index contributed by atoms with van der Waals surface area (Å²) in [5, 5.41) is 57.4. The number of oxime groups is 12. The van der Waals surface area contributed by atoms with Gasteiger partial charge < -0.3 is 57.1 Å². The molecule has 0 spiro atoms. The molecule has 0 saturated heterocycles. The Balaban J connectivity index is 0.00000127. The predicted octanol–water partition coefficient (Wildman–Crippen LogP) is 12.3. The predicted molar refractivity (Wildman–Crippen MR) is 334 cm³/mol. The molecule has 6 saturated carbocycles. The molecule has 0 radical (unpaired) electrons. The number of nitrogens with zero attached hydrogens (tertiary/aromatic N) is 12. The van der Waals surface area contributed by atoms with E-state index in [0.29, 0.717) is 182 Å². The summed E-state index contributed by atoms with van der Waals surface area (Å²) in [5.41, 5.74) is 7.20. The van der Waals surface area contributed by atoms with E-state index in [4.69, 9.17) is 165 Å². The summed E-state index contributed by atoms with van der Waals surface area (Å²) in [7, 11) is 0. The number of halogens is 4. The van der Waals surface area contributed by atoms with Crippen molar-refractivity contribution in [2.45, 2.75) is 206 Å². The summed E-state index contributed by atoms with van der Waals surface area (Å²) >= 11 is 19.1. The second-order valence-corrected chi connectivity index (χ2v) is 23.6. The van der Waals surface area contributed by atoms with Gasteiger partial charge in [0.25, 0.3) is 0 Å². The third-order valence-corrected chi connectivity index (χ3v) is 15.8. The van der Waals surface area contributed by atoms with E-state index < -0.39 is 27.0 Å². The molecule has 6 aliphatic heterocycles. The number of hydrogen-bond donors (Lipinski definition) is 0. The van der Waals surface area contributed by atoms with Gasteiger partial charge >= 0.3 is 61.2 Å². The molecular formula is C52H74B4Cl4Fe2N12O12. The summed E-state index contributed by atoms with van der Waals surface area (Å²) in [5.74, 6) is 0. The van der Waals surface area contributed by atoms with Gasteiger partial charge in [0.05, 0.1) is 79.2 Å². The molecule has 24 nitrogen and oxygen atoms in total. The standard InChI is InChI=1S/C50H70B4N12O12.2CH2Cl2.2Fe/c1-3-5-35-51-67-55-39-19-7-13-25-45(39)61-73-53(74-62-46-26-14-8-20-40(46)56-68-51,75-63-47-27-15-9-21-41(47)57-69-51)37-31-33-38(34-32-37)54-76-64-48-28-16-10-22-42(48)58-70-52(36-6-4-2,71-59-43-23-11-17-29-49(43)65-77-54)72-60-44-24-12-18-30-50(44)66-78-54;2*2-1-3;;/h31-34H,3-30,35-36H2,1-2H3;2*1H2;;/q-4;;;2*+2/b55-39+,56-40+,57-41+,58-42+,59-43+,60-44+,61-45+,62-46+,63-47+,64-48+,65-49+,66-50+;;;;. The fraction of sp³-hybridized carbons (Fsp3) is 0.654. The molecule has 0 amide bonds. The SMILES string of the molecule is CCCC[B-]12O/N=C3\CCCC\C3=N/O[B-](c3ccc([B-]45O/N=C6\CCCC\C6=N/O[B-](CCCC)(O/N=C6\CCCC\C6=N/O4)O/N=C4\CCCC\C4=N/O5)cc3)(O/N=C3\CCCC\C3=N/O1)O/N=C1\CCCC\C1=N/O2.ClCCl.ClCCl.[Fe+2].[Fe+2]. The quantitative estimate of drug-likeness (QED) is 0.174. The van der Waals surface area contributed by atoms with Crippen LogP contribution < -0.4 is 10.9 Å². The van der Waals surface area contributed by atoms with E-state index in [1.807, 2.05) is 0 Å². The first-order chi connectivity index (χ1) is 41.2. The molecule has 4 bridgehead atoms. The van der Waals surface area contributed by atoms with Crippen LogP contribution in [0.5, 0.6) is 0 Å². The van der Waals surface area contributed by atoms with Gasteiger partial charge in [-0.05, 0) is 154 Å². The first kappa shape index (κ1) is 68.8. The number of rotatable bonds is 8. The van der Waals surface area contributed by atoms with Crippen LogP contribution in [0.4, 0.5) is 0 Å². The second-order valence-electron chi connectivity index (χ2n) is 22.0. The average molecular weight is 1360 g/mol. The molecule has 1 aromatic rings. The van der Waals surface area contributed by atoms with Crippen LogP contribution in [0.3, 0.4) is 0 Å². The Kier molecular flexibility index (Phi) is 27.5. The van der Waals surface area contributed by atoms with Gasteiger partial charge in [-0.3, -0.25) is 0 Å². The summed E-state index contributed by atoms with van der Waals surface area (Å²) in [4.78, 5) is 0. The molecule has 1 aromatic carbocycles. The fourth-order valence-electron chi connectivity index (χ4n) is 10.9. The Morgan fingerprint density at radius 1 is 0.291 bits per heavy atom. The van der Waals surface area contributed by atoms with E-state index in [1.165, 1.54) is 0 Å². The summed E-state index contributed by atoms with van der Waals surface area (Å²) < 4.78 is 78.6. The average Bonchev–Trinajstić information content (AvgIpc) is 1.87. The Hall–Kier alpha value is -4.68. The van der Waals surface area contributed by atoms with Gasteiger partial charge in [-0.15, -0.1) is 108 Å². The van der Waals surface area contributed by atoms with Crippen molar-refractivity contribution >= 4 is 153 Å². The van der Waals surface area contributed by atoms with Crippen molar-refractivity contribution < 1.29 is 91.2 Å². The molecule has 12 aliphatic rings. The topological polar surface area (TPSA) is 259 Å². The summed E-state index contributed by atoms with van der Waals surface area (Å²) in [6.07, 6.45) is 20.3. The first-order valence-electron chi connectivity index (χ1n) is 30.1. The van der Waals surface area contributed by atoms with Crippen molar-refractivity contribution in [1.82, 2.24) is 0 Å². The van der Waals surface area contributed by atoms with Gasteiger partial charge in [-0.1, -0.05) is 87.4 Å². The molecule has 0 atom stereocenters. The minimum absolute atomic E-state index is 0. The fourth-order valence-corrected chi connectivity index (χ4v) is 10.9. The molecule has 0 N–H and O–H groups in total. The molecule has 86 heavy (non-hydrogen) atoms. The van der Waals surface area contributed by atoms with E-state index in [1.54, 1.807) is 24.3 Å². The van der Waals surface area contributed by atoms with Crippen LogP contribution in [0.1, 0.15) is 194 Å². The Bertz CT molecular complexity index is 2410. The van der Waals surface area contributed by atoms with E-state index in [-0.39, 0.29) is 44.8 Å². The van der Waals surface area contributed by atoms with Crippen LogP contribution in [0.15, 0.2) is 86.1 Å². The monoisotopic (exact) mass is 1350 g/mol. The molecule has 470 valence electrons. The normalized spacial score (nSPS) is 34.5. The Labute approximate surface area is 543 Å². The number of hydrogen-bond acceptors (Lipinski definition) is 24.